The number of hydrogen-bond acceptors (Lipinski definition) is 3. The van der Waals surface area contributed by atoms with E-state index in [2.05, 4.69) is 55.7 Å². The molecule has 2 aromatic rings. The Morgan fingerprint density at radius 3 is 2.29 bits per heavy atom. The molecule has 2 rings (SSSR count). The lowest BCUT2D eigenvalue weighted by Crippen LogP contribution is -2.48. The third-order valence-electron chi connectivity index (χ3n) is 4.00. The van der Waals surface area contributed by atoms with E-state index in [4.69, 9.17) is 5.11 Å². The fourth-order valence-electron chi connectivity index (χ4n) is 2.75. The molecule has 4 heteroatoms. The average Bonchev–Trinajstić information content (AvgIpc) is 2.55. The Labute approximate surface area is 143 Å². The van der Waals surface area contributed by atoms with Gasteiger partial charge < -0.3 is 15.7 Å². The Morgan fingerprint density at radius 2 is 1.71 bits per heavy atom. The molecule has 0 aromatic heterocycles. The van der Waals surface area contributed by atoms with E-state index >= 15 is 0 Å². The van der Waals surface area contributed by atoms with Crippen molar-refractivity contribution in [2.45, 2.75) is 38.9 Å². The maximum Gasteiger partial charge on any atom is 0.335 e. The molecule has 0 saturated heterocycles. The van der Waals surface area contributed by atoms with Crippen LogP contribution in [0.1, 0.15) is 48.3 Å². The van der Waals surface area contributed by atoms with Gasteiger partial charge >= 0.3 is 5.97 Å². The van der Waals surface area contributed by atoms with Crippen molar-refractivity contribution in [1.29, 1.82) is 0 Å². The predicted octanol–water partition coefficient (Wildman–Crippen LogP) is 3.60. The number of carboxylic acid groups (broad SMARTS) is 1. The van der Waals surface area contributed by atoms with Crippen LogP contribution in [0, 0.1) is 0 Å². The molecule has 0 spiro atoms. The van der Waals surface area contributed by atoms with Crippen molar-refractivity contribution in [3.05, 3.63) is 71.3 Å². The van der Waals surface area contributed by atoms with Crippen LogP contribution in [0.2, 0.25) is 0 Å². The molecule has 3 N–H and O–H groups in total. The minimum absolute atomic E-state index is 0.0593. The largest absolute Gasteiger partial charge is 0.478 e. The highest BCUT2D eigenvalue weighted by Gasteiger charge is 2.20. The zero-order chi connectivity index (χ0) is 17.6. The lowest BCUT2D eigenvalue weighted by molar-refractivity contribution is 0.0697. The highest BCUT2D eigenvalue weighted by atomic mass is 16.4. The first kappa shape index (κ1) is 18.2. The van der Waals surface area contributed by atoms with Gasteiger partial charge in [0.05, 0.1) is 5.56 Å². The van der Waals surface area contributed by atoms with Gasteiger partial charge in [0.15, 0.2) is 0 Å². The molecule has 1 unspecified atom stereocenters. The molecule has 128 valence electrons. The second-order valence-electron chi connectivity index (χ2n) is 6.77. The van der Waals surface area contributed by atoms with Gasteiger partial charge in [-0.3, -0.25) is 0 Å². The van der Waals surface area contributed by atoms with Crippen molar-refractivity contribution in [2.24, 2.45) is 0 Å². The summed E-state index contributed by atoms with van der Waals surface area (Å²) in [6.45, 7) is 8.04. The summed E-state index contributed by atoms with van der Waals surface area (Å²) < 4.78 is 0. The summed E-state index contributed by atoms with van der Waals surface area (Å²) in [5.41, 5.74) is 2.61. The van der Waals surface area contributed by atoms with Gasteiger partial charge in [0.25, 0.3) is 0 Å². The number of aromatic carboxylic acids is 1. The monoisotopic (exact) mass is 326 g/mol. The molecule has 0 radical (unpaired) electrons. The first-order valence-electron chi connectivity index (χ1n) is 8.23. The Hall–Kier alpha value is -2.17. The van der Waals surface area contributed by atoms with Gasteiger partial charge in [-0.2, -0.15) is 0 Å². The molecular weight excluding hydrogens is 300 g/mol. The molecule has 2 aromatic carbocycles. The number of carbonyl (C=O) groups is 1. The average molecular weight is 326 g/mol. The van der Waals surface area contributed by atoms with Crippen molar-refractivity contribution in [3.8, 4) is 0 Å². The van der Waals surface area contributed by atoms with Crippen LogP contribution in [0.25, 0.3) is 0 Å². The maximum atomic E-state index is 10.9. The molecule has 0 saturated carbocycles. The van der Waals surface area contributed by atoms with E-state index in [0.29, 0.717) is 12.1 Å². The van der Waals surface area contributed by atoms with Crippen LogP contribution in [-0.4, -0.2) is 23.2 Å². The fourth-order valence-corrected chi connectivity index (χ4v) is 2.75. The Balaban J connectivity index is 1.82. The van der Waals surface area contributed by atoms with Gasteiger partial charge in [-0.05, 0) is 44.0 Å². The van der Waals surface area contributed by atoms with Gasteiger partial charge in [-0.25, -0.2) is 4.79 Å². The standard InChI is InChI=1S/C20H26N2O2/c1-15(17-7-5-4-6-8-17)22-20(2,3)14-21-13-16-9-11-18(12-10-16)19(23)24/h4-12,15,21-22H,13-14H2,1-3H3,(H,23,24). The Morgan fingerprint density at radius 1 is 1.08 bits per heavy atom. The topological polar surface area (TPSA) is 61.4 Å². The summed E-state index contributed by atoms with van der Waals surface area (Å²) in [6.07, 6.45) is 0. The summed E-state index contributed by atoms with van der Waals surface area (Å²) in [7, 11) is 0. The van der Waals surface area contributed by atoms with E-state index in [1.807, 2.05) is 18.2 Å². The molecular formula is C20H26N2O2. The Kier molecular flexibility index (Phi) is 6.12. The van der Waals surface area contributed by atoms with Crippen LogP contribution in [0.5, 0.6) is 0 Å². The summed E-state index contributed by atoms with van der Waals surface area (Å²) in [4.78, 5) is 10.9. The third kappa shape index (κ3) is 5.48. The first-order chi connectivity index (χ1) is 11.4. The zero-order valence-corrected chi connectivity index (χ0v) is 14.5. The van der Waals surface area contributed by atoms with Crippen LogP contribution in [0.4, 0.5) is 0 Å². The smallest absolute Gasteiger partial charge is 0.335 e. The predicted molar refractivity (Wildman–Crippen MR) is 97.2 cm³/mol. The number of nitrogens with one attached hydrogen (secondary N) is 2. The quantitative estimate of drug-likeness (QED) is 0.693. The van der Waals surface area contributed by atoms with E-state index in [9.17, 15) is 4.79 Å². The van der Waals surface area contributed by atoms with Crippen LogP contribution < -0.4 is 10.6 Å². The zero-order valence-electron chi connectivity index (χ0n) is 14.5. The molecule has 0 fully saturated rings. The maximum absolute atomic E-state index is 10.9. The van der Waals surface area contributed by atoms with Gasteiger partial charge in [-0.15, -0.1) is 0 Å². The Bertz CT molecular complexity index is 651. The second kappa shape index (κ2) is 8.08. The number of carboxylic acids is 1. The van der Waals surface area contributed by atoms with E-state index < -0.39 is 5.97 Å². The number of benzene rings is 2. The molecule has 1 atom stereocenters. The lowest BCUT2D eigenvalue weighted by Gasteiger charge is -2.31. The fraction of sp³-hybridized carbons (Fsp3) is 0.350. The third-order valence-corrected chi connectivity index (χ3v) is 4.00. The van der Waals surface area contributed by atoms with Crippen LogP contribution >= 0.6 is 0 Å². The summed E-state index contributed by atoms with van der Waals surface area (Å²) in [5.74, 6) is -0.894. The van der Waals surface area contributed by atoms with E-state index in [1.54, 1.807) is 12.1 Å². The molecule has 0 aliphatic rings. The molecule has 0 bridgehead atoms. The van der Waals surface area contributed by atoms with Crippen LogP contribution in [0.15, 0.2) is 54.6 Å². The molecule has 0 amide bonds. The van der Waals surface area contributed by atoms with Crippen LogP contribution in [0.3, 0.4) is 0 Å². The van der Waals surface area contributed by atoms with Crippen LogP contribution in [-0.2, 0) is 6.54 Å². The van der Waals surface area contributed by atoms with Gasteiger partial charge in [0.1, 0.15) is 0 Å². The molecule has 0 aliphatic carbocycles. The summed E-state index contributed by atoms with van der Waals surface area (Å²) >= 11 is 0. The molecule has 24 heavy (non-hydrogen) atoms. The van der Waals surface area contributed by atoms with Crippen molar-refractivity contribution in [2.75, 3.05) is 6.54 Å². The van der Waals surface area contributed by atoms with Crippen molar-refractivity contribution < 1.29 is 9.90 Å². The van der Waals surface area contributed by atoms with Gasteiger partial charge in [0.2, 0.25) is 0 Å². The second-order valence-corrected chi connectivity index (χ2v) is 6.77. The van der Waals surface area contributed by atoms with Crippen molar-refractivity contribution >= 4 is 5.97 Å². The van der Waals surface area contributed by atoms with Gasteiger partial charge in [0, 0.05) is 24.7 Å². The lowest BCUT2D eigenvalue weighted by atomic mass is 10.0. The van der Waals surface area contributed by atoms with Crippen molar-refractivity contribution in [1.82, 2.24) is 10.6 Å². The summed E-state index contributed by atoms with van der Waals surface area (Å²) in [5, 5.41) is 16.0. The van der Waals surface area contributed by atoms with Gasteiger partial charge in [-0.1, -0.05) is 42.5 Å². The number of hydrogen-bond donors (Lipinski definition) is 3. The normalized spacial score (nSPS) is 12.8. The molecule has 4 nitrogen and oxygen atoms in total. The summed E-state index contributed by atoms with van der Waals surface area (Å²) in [6, 6.07) is 17.7. The molecule has 0 aliphatic heterocycles. The number of rotatable bonds is 8. The molecule has 0 heterocycles. The SMILES string of the molecule is CC(NC(C)(C)CNCc1ccc(C(=O)O)cc1)c1ccccc1. The minimum Gasteiger partial charge on any atom is -0.478 e. The van der Waals surface area contributed by atoms with E-state index in [1.165, 1.54) is 5.56 Å². The van der Waals surface area contributed by atoms with E-state index in [0.717, 1.165) is 12.1 Å². The van der Waals surface area contributed by atoms with Crippen molar-refractivity contribution in [3.63, 3.8) is 0 Å². The minimum atomic E-state index is -0.894. The highest BCUT2D eigenvalue weighted by Crippen LogP contribution is 2.15. The first-order valence-corrected chi connectivity index (χ1v) is 8.23. The highest BCUT2D eigenvalue weighted by molar-refractivity contribution is 5.87. The van der Waals surface area contributed by atoms with E-state index in [-0.39, 0.29) is 11.6 Å².